The highest BCUT2D eigenvalue weighted by Gasteiger charge is 2.19. The van der Waals surface area contributed by atoms with Gasteiger partial charge in [-0.25, -0.2) is 9.98 Å². The zero-order valence-electron chi connectivity index (χ0n) is 23.9. The van der Waals surface area contributed by atoms with Crippen LogP contribution >= 0.6 is 0 Å². The summed E-state index contributed by atoms with van der Waals surface area (Å²) in [4.78, 5) is 10.3. The van der Waals surface area contributed by atoms with Crippen LogP contribution in [0.4, 0.5) is 11.4 Å². The first kappa shape index (κ1) is 27.6. The first-order valence-electron chi connectivity index (χ1n) is 13.5. The smallest absolute Gasteiger partial charge is 0.145 e. The Balaban J connectivity index is 1.95. The first-order chi connectivity index (χ1) is 17.0. The molecule has 0 aromatic heterocycles. The Morgan fingerprint density at radius 1 is 0.583 bits per heavy atom. The van der Waals surface area contributed by atoms with Crippen molar-refractivity contribution in [2.75, 3.05) is 0 Å². The van der Waals surface area contributed by atoms with E-state index >= 15 is 0 Å². The van der Waals surface area contributed by atoms with E-state index in [0.29, 0.717) is 23.7 Å². The summed E-state index contributed by atoms with van der Waals surface area (Å²) in [6.45, 7) is 21.9. The summed E-state index contributed by atoms with van der Waals surface area (Å²) < 4.78 is 6.42. The molecule has 0 bridgehead atoms. The molecule has 0 radical (unpaired) electrons. The zero-order chi connectivity index (χ0) is 26.6. The van der Waals surface area contributed by atoms with E-state index in [1.54, 1.807) is 0 Å². The average molecular weight is 485 g/mol. The van der Waals surface area contributed by atoms with Gasteiger partial charge in [-0.1, -0.05) is 91.8 Å². The van der Waals surface area contributed by atoms with Gasteiger partial charge in [-0.15, -0.1) is 0 Å². The van der Waals surface area contributed by atoms with Gasteiger partial charge in [0.05, 0.1) is 22.8 Å². The summed E-state index contributed by atoms with van der Waals surface area (Å²) in [6, 6.07) is 13.1. The number of nitrogens with zero attached hydrogens (tertiary/aromatic N) is 2. The molecule has 192 valence electrons. The summed E-state index contributed by atoms with van der Waals surface area (Å²) in [5.74, 6) is 3.23. The highest BCUT2D eigenvalue weighted by Crippen LogP contribution is 2.37. The number of hydrogen-bond donors (Lipinski definition) is 0. The van der Waals surface area contributed by atoms with Gasteiger partial charge in [0.1, 0.15) is 11.5 Å². The molecular weight excluding hydrogens is 440 g/mol. The van der Waals surface area contributed by atoms with Crippen molar-refractivity contribution in [2.45, 2.75) is 99.3 Å². The van der Waals surface area contributed by atoms with Crippen LogP contribution in [-0.4, -0.2) is 11.4 Å². The lowest BCUT2D eigenvalue weighted by Crippen LogP contribution is -2.11. The van der Waals surface area contributed by atoms with Crippen molar-refractivity contribution in [1.29, 1.82) is 0 Å². The van der Waals surface area contributed by atoms with Crippen LogP contribution in [0, 0.1) is 0 Å². The van der Waals surface area contributed by atoms with E-state index in [0.717, 1.165) is 40.7 Å². The maximum absolute atomic E-state index is 6.42. The Morgan fingerprint density at radius 3 is 1.17 bits per heavy atom. The number of aliphatic imine (C=N–C) groups is 2. The molecule has 0 saturated carbocycles. The van der Waals surface area contributed by atoms with Crippen LogP contribution in [0.25, 0.3) is 0 Å². The molecule has 0 atom stereocenters. The van der Waals surface area contributed by atoms with Crippen molar-refractivity contribution >= 4 is 22.8 Å². The number of para-hydroxylation sites is 2. The van der Waals surface area contributed by atoms with Crippen LogP contribution < -0.4 is 0 Å². The molecule has 0 fully saturated rings. The predicted octanol–water partition coefficient (Wildman–Crippen LogP) is 10.3. The van der Waals surface area contributed by atoms with E-state index in [2.05, 4.69) is 104 Å². The summed E-state index contributed by atoms with van der Waals surface area (Å²) in [5, 5.41) is 0. The molecular formula is C33H44N2O. The minimum absolute atomic E-state index is 0.400. The van der Waals surface area contributed by atoms with Crippen molar-refractivity contribution in [3.8, 4) is 0 Å². The lowest BCUT2D eigenvalue weighted by Gasteiger charge is -2.21. The quantitative estimate of drug-likeness (QED) is 0.343. The molecule has 0 saturated heterocycles. The van der Waals surface area contributed by atoms with Crippen LogP contribution in [0.2, 0.25) is 0 Å². The third kappa shape index (κ3) is 6.24. The fraction of sp³-hybridized carbons (Fsp3) is 0.455. The Hall–Kier alpha value is -2.94. The second-order valence-corrected chi connectivity index (χ2v) is 11.1. The molecule has 3 rings (SSSR count). The Kier molecular flexibility index (Phi) is 9.11. The SMILES string of the molecule is CC(=Nc1c(C(C)C)cccc1C(C)C)C1=CCC=C(C(C)=Nc2c(C(C)C)cccc2C(C)C)O1. The molecule has 1 aliphatic heterocycles. The number of benzene rings is 2. The molecule has 0 amide bonds. The summed E-state index contributed by atoms with van der Waals surface area (Å²) in [5.41, 5.74) is 9.06. The minimum atomic E-state index is 0.400. The number of ether oxygens (including phenoxy) is 1. The Labute approximate surface area is 219 Å². The number of allylic oxidation sites excluding steroid dienone is 4. The van der Waals surface area contributed by atoms with E-state index in [4.69, 9.17) is 14.7 Å². The van der Waals surface area contributed by atoms with Crippen molar-refractivity contribution < 1.29 is 4.74 Å². The van der Waals surface area contributed by atoms with Crippen molar-refractivity contribution in [1.82, 2.24) is 0 Å². The van der Waals surface area contributed by atoms with E-state index in [1.165, 1.54) is 22.3 Å². The van der Waals surface area contributed by atoms with Crippen LogP contribution in [0.3, 0.4) is 0 Å². The van der Waals surface area contributed by atoms with Gasteiger partial charge in [0, 0.05) is 0 Å². The van der Waals surface area contributed by atoms with Gasteiger partial charge in [0.2, 0.25) is 0 Å². The number of rotatable bonds is 8. The minimum Gasteiger partial charge on any atom is -0.454 e. The van der Waals surface area contributed by atoms with Crippen molar-refractivity contribution in [2.24, 2.45) is 9.98 Å². The topological polar surface area (TPSA) is 34.0 Å². The van der Waals surface area contributed by atoms with Crippen LogP contribution in [0.15, 0.2) is 70.1 Å². The van der Waals surface area contributed by atoms with E-state index < -0.39 is 0 Å². The molecule has 0 aliphatic carbocycles. The van der Waals surface area contributed by atoms with Gasteiger partial charge in [-0.05, 0) is 78.3 Å². The second-order valence-electron chi connectivity index (χ2n) is 11.1. The summed E-state index contributed by atoms with van der Waals surface area (Å²) >= 11 is 0. The molecule has 3 nitrogen and oxygen atoms in total. The second kappa shape index (κ2) is 11.9. The Morgan fingerprint density at radius 2 is 0.889 bits per heavy atom. The zero-order valence-corrected chi connectivity index (χ0v) is 23.9. The lowest BCUT2D eigenvalue weighted by molar-refractivity contribution is 0.343. The van der Waals surface area contributed by atoms with E-state index in [-0.39, 0.29) is 0 Å². The van der Waals surface area contributed by atoms with Gasteiger partial charge >= 0.3 is 0 Å². The fourth-order valence-corrected chi connectivity index (χ4v) is 4.65. The molecule has 0 unspecified atom stereocenters. The molecule has 0 spiro atoms. The normalized spacial score (nSPS) is 15.1. The Bertz CT molecular complexity index is 1060. The van der Waals surface area contributed by atoms with Gasteiger partial charge < -0.3 is 4.74 Å². The lowest BCUT2D eigenvalue weighted by atomic mass is 9.93. The standard InChI is InChI=1S/C33H44N2O/c1-20(2)26-14-11-15-27(21(3)4)32(26)34-24(9)30-18-13-19-31(36-30)25(10)35-33-28(22(5)6)16-12-17-29(33)23(7)8/h11-12,14-23H,13H2,1-10H3. The maximum atomic E-state index is 6.42. The van der Waals surface area contributed by atoms with Crippen LogP contribution in [0.1, 0.15) is 122 Å². The monoisotopic (exact) mass is 484 g/mol. The highest BCUT2D eigenvalue weighted by molar-refractivity contribution is 6.02. The third-order valence-electron chi connectivity index (χ3n) is 6.78. The largest absolute Gasteiger partial charge is 0.454 e. The molecule has 3 heteroatoms. The molecule has 2 aromatic carbocycles. The molecule has 2 aromatic rings. The van der Waals surface area contributed by atoms with Gasteiger partial charge in [0.25, 0.3) is 0 Å². The summed E-state index contributed by atoms with van der Waals surface area (Å²) in [6.07, 6.45) is 5.03. The first-order valence-corrected chi connectivity index (χ1v) is 13.5. The fourth-order valence-electron chi connectivity index (χ4n) is 4.65. The van der Waals surface area contributed by atoms with E-state index in [9.17, 15) is 0 Å². The molecule has 0 N–H and O–H groups in total. The molecule has 1 aliphatic rings. The molecule has 1 heterocycles. The highest BCUT2D eigenvalue weighted by atomic mass is 16.5. The van der Waals surface area contributed by atoms with Crippen molar-refractivity contribution in [3.05, 3.63) is 82.3 Å². The van der Waals surface area contributed by atoms with Gasteiger partial charge in [-0.2, -0.15) is 0 Å². The number of hydrogen-bond acceptors (Lipinski definition) is 3. The van der Waals surface area contributed by atoms with Gasteiger partial charge in [0.15, 0.2) is 0 Å². The average Bonchev–Trinajstić information content (AvgIpc) is 2.83. The maximum Gasteiger partial charge on any atom is 0.145 e. The van der Waals surface area contributed by atoms with E-state index in [1.807, 2.05) is 13.8 Å². The van der Waals surface area contributed by atoms with Crippen LogP contribution in [-0.2, 0) is 4.74 Å². The predicted molar refractivity (Wildman–Crippen MR) is 157 cm³/mol. The third-order valence-corrected chi connectivity index (χ3v) is 6.78. The van der Waals surface area contributed by atoms with Gasteiger partial charge in [-0.3, -0.25) is 0 Å². The molecule has 36 heavy (non-hydrogen) atoms. The van der Waals surface area contributed by atoms with Crippen LogP contribution in [0.5, 0.6) is 0 Å². The van der Waals surface area contributed by atoms with Crippen molar-refractivity contribution in [3.63, 3.8) is 0 Å². The summed E-state index contributed by atoms with van der Waals surface area (Å²) in [7, 11) is 0.